The molecule has 0 bridgehead atoms. The number of carbonyl (C=O) groups is 2. The van der Waals surface area contributed by atoms with Crippen LogP contribution < -0.4 is 5.32 Å². The maximum absolute atomic E-state index is 13.6. The second-order valence-corrected chi connectivity index (χ2v) is 10.3. The molecule has 0 aromatic heterocycles. The van der Waals surface area contributed by atoms with Crippen molar-refractivity contribution in [3.63, 3.8) is 0 Å². The van der Waals surface area contributed by atoms with Crippen LogP contribution in [0.1, 0.15) is 41.7 Å². The van der Waals surface area contributed by atoms with E-state index in [4.69, 9.17) is 0 Å². The summed E-state index contributed by atoms with van der Waals surface area (Å²) in [5.41, 5.74) is 5.61. The van der Waals surface area contributed by atoms with E-state index < -0.39 is 6.04 Å². The van der Waals surface area contributed by atoms with Crippen molar-refractivity contribution in [3.8, 4) is 0 Å². The fraction of sp³-hybridized carbons (Fsp3) is 0.333. The van der Waals surface area contributed by atoms with Gasteiger partial charge in [-0.1, -0.05) is 90.0 Å². The predicted molar refractivity (Wildman–Crippen MR) is 146 cm³/mol. The van der Waals surface area contributed by atoms with Crippen molar-refractivity contribution in [2.45, 2.75) is 58.5 Å². The predicted octanol–water partition coefficient (Wildman–Crippen LogP) is 5.70. The normalized spacial score (nSPS) is 11.8. The summed E-state index contributed by atoms with van der Waals surface area (Å²) in [6.07, 6.45) is 0.472. The molecule has 0 aliphatic heterocycles. The highest BCUT2D eigenvalue weighted by atomic mass is 32.2. The van der Waals surface area contributed by atoms with E-state index in [0.29, 0.717) is 18.7 Å². The zero-order chi connectivity index (χ0) is 25.2. The van der Waals surface area contributed by atoms with Crippen molar-refractivity contribution < 1.29 is 9.59 Å². The zero-order valence-corrected chi connectivity index (χ0v) is 22.0. The van der Waals surface area contributed by atoms with Crippen LogP contribution in [0.5, 0.6) is 0 Å². The van der Waals surface area contributed by atoms with E-state index in [1.807, 2.05) is 75.4 Å². The largest absolute Gasteiger partial charge is 0.352 e. The fourth-order valence-electron chi connectivity index (χ4n) is 4.08. The third kappa shape index (κ3) is 8.59. The lowest BCUT2D eigenvalue weighted by Gasteiger charge is -2.32. The summed E-state index contributed by atoms with van der Waals surface area (Å²) in [4.78, 5) is 28.8. The van der Waals surface area contributed by atoms with Gasteiger partial charge in [-0.3, -0.25) is 9.59 Å². The van der Waals surface area contributed by atoms with Gasteiger partial charge in [-0.05, 0) is 44.4 Å². The number of hydrogen-bond acceptors (Lipinski definition) is 3. The molecule has 3 aromatic rings. The summed E-state index contributed by atoms with van der Waals surface area (Å²) < 4.78 is 0. The molecule has 0 aliphatic carbocycles. The molecule has 0 heterocycles. The summed E-state index contributed by atoms with van der Waals surface area (Å²) >= 11 is 1.59. The number of carbonyl (C=O) groups excluding carboxylic acids is 2. The van der Waals surface area contributed by atoms with E-state index in [-0.39, 0.29) is 17.9 Å². The first kappa shape index (κ1) is 26.6. The first-order chi connectivity index (χ1) is 16.8. The Morgan fingerprint density at radius 3 is 2.06 bits per heavy atom. The van der Waals surface area contributed by atoms with Crippen LogP contribution in [0.3, 0.4) is 0 Å². The molecule has 5 heteroatoms. The number of amides is 2. The number of rotatable bonds is 11. The van der Waals surface area contributed by atoms with Gasteiger partial charge in [-0.15, -0.1) is 11.8 Å². The zero-order valence-electron chi connectivity index (χ0n) is 21.2. The maximum Gasteiger partial charge on any atom is 0.243 e. The van der Waals surface area contributed by atoms with E-state index in [0.717, 1.165) is 22.4 Å². The summed E-state index contributed by atoms with van der Waals surface area (Å²) in [6, 6.07) is 25.8. The van der Waals surface area contributed by atoms with E-state index in [1.165, 1.54) is 11.1 Å². The standard InChI is InChI=1S/C30H36N2O2S/c1-22(2)31-30(34)28(18-25-12-6-5-7-13-25)32(19-26-14-8-10-23(3)16-26)29(33)21-35-20-27-15-9-11-24(4)17-27/h5-17,22,28H,18-21H2,1-4H3,(H,31,34)/t28-/m0/s1. The molecule has 0 saturated carbocycles. The third-order valence-corrected chi connectivity index (χ3v) is 6.70. The molecule has 0 radical (unpaired) electrons. The summed E-state index contributed by atoms with van der Waals surface area (Å²) in [5, 5.41) is 3.04. The molecule has 3 aromatic carbocycles. The quantitative estimate of drug-likeness (QED) is 0.377. The van der Waals surface area contributed by atoms with E-state index >= 15 is 0 Å². The molecule has 184 valence electrons. The van der Waals surface area contributed by atoms with E-state index in [2.05, 4.69) is 36.5 Å². The van der Waals surface area contributed by atoms with Gasteiger partial charge in [0.1, 0.15) is 6.04 Å². The van der Waals surface area contributed by atoms with Gasteiger partial charge in [-0.25, -0.2) is 0 Å². The Bertz CT molecular complexity index is 1110. The van der Waals surface area contributed by atoms with Gasteiger partial charge in [0.2, 0.25) is 11.8 Å². The molecule has 0 spiro atoms. The van der Waals surface area contributed by atoms with Gasteiger partial charge in [0, 0.05) is 24.8 Å². The highest BCUT2D eigenvalue weighted by Gasteiger charge is 2.30. The minimum atomic E-state index is -0.590. The van der Waals surface area contributed by atoms with Crippen molar-refractivity contribution in [2.24, 2.45) is 0 Å². The highest BCUT2D eigenvalue weighted by molar-refractivity contribution is 7.99. The lowest BCUT2D eigenvalue weighted by Crippen LogP contribution is -2.52. The number of aryl methyl sites for hydroxylation is 2. The Morgan fingerprint density at radius 1 is 0.829 bits per heavy atom. The molecular formula is C30H36N2O2S. The first-order valence-electron chi connectivity index (χ1n) is 12.1. The van der Waals surface area contributed by atoms with Gasteiger partial charge >= 0.3 is 0 Å². The number of nitrogens with one attached hydrogen (secondary N) is 1. The van der Waals surface area contributed by atoms with Gasteiger partial charge in [0.05, 0.1) is 5.75 Å². The monoisotopic (exact) mass is 488 g/mol. The number of benzene rings is 3. The molecule has 0 saturated heterocycles. The van der Waals surface area contributed by atoms with Crippen LogP contribution in [0.4, 0.5) is 0 Å². The molecule has 35 heavy (non-hydrogen) atoms. The molecule has 0 unspecified atom stereocenters. The molecule has 1 atom stereocenters. The van der Waals surface area contributed by atoms with Gasteiger partial charge in [-0.2, -0.15) is 0 Å². The Kier molecular flexibility index (Phi) is 9.98. The lowest BCUT2D eigenvalue weighted by molar-refractivity contribution is -0.139. The topological polar surface area (TPSA) is 49.4 Å². The summed E-state index contributed by atoms with van der Waals surface area (Å²) in [6.45, 7) is 8.41. The molecule has 0 fully saturated rings. The lowest BCUT2D eigenvalue weighted by atomic mass is 10.0. The number of thioether (sulfide) groups is 1. The third-order valence-electron chi connectivity index (χ3n) is 5.71. The average Bonchev–Trinajstić information content (AvgIpc) is 2.81. The summed E-state index contributed by atoms with van der Waals surface area (Å²) in [7, 11) is 0. The van der Waals surface area contributed by atoms with Gasteiger partial charge < -0.3 is 10.2 Å². The van der Waals surface area contributed by atoms with Gasteiger partial charge in [0.25, 0.3) is 0 Å². The van der Waals surface area contributed by atoms with E-state index in [9.17, 15) is 9.59 Å². The molecule has 3 rings (SSSR count). The van der Waals surface area contributed by atoms with Gasteiger partial charge in [0.15, 0.2) is 0 Å². The average molecular weight is 489 g/mol. The van der Waals surface area contributed by atoms with Crippen LogP contribution in [-0.4, -0.2) is 34.6 Å². The second-order valence-electron chi connectivity index (χ2n) is 9.36. The molecule has 0 aliphatic rings. The second kappa shape index (κ2) is 13.1. The Morgan fingerprint density at radius 2 is 1.43 bits per heavy atom. The van der Waals surface area contributed by atoms with Crippen molar-refractivity contribution in [1.82, 2.24) is 10.2 Å². The Balaban J connectivity index is 1.84. The minimum Gasteiger partial charge on any atom is -0.352 e. The van der Waals surface area contributed by atoms with Crippen molar-refractivity contribution >= 4 is 23.6 Å². The first-order valence-corrected chi connectivity index (χ1v) is 13.3. The molecule has 1 N–H and O–H groups in total. The SMILES string of the molecule is Cc1cccc(CSCC(=O)N(Cc2cccc(C)c2)[C@@H](Cc2ccccc2)C(=O)NC(C)C)c1. The highest BCUT2D eigenvalue weighted by Crippen LogP contribution is 2.19. The Hall–Kier alpha value is -3.05. The molecular weight excluding hydrogens is 452 g/mol. The molecule has 4 nitrogen and oxygen atoms in total. The molecule has 2 amide bonds. The fourth-order valence-corrected chi connectivity index (χ4v) is 4.94. The van der Waals surface area contributed by atoms with Crippen LogP contribution >= 0.6 is 11.8 Å². The van der Waals surface area contributed by atoms with E-state index in [1.54, 1.807) is 16.7 Å². The van der Waals surface area contributed by atoms with Crippen molar-refractivity contribution in [3.05, 3.63) is 107 Å². The van der Waals surface area contributed by atoms with Crippen LogP contribution in [0.2, 0.25) is 0 Å². The number of nitrogens with zero attached hydrogens (tertiary/aromatic N) is 1. The van der Waals surface area contributed by atoms with Crippen LogP contribution in [0.15, 0.2) is 78.9 Å². The summed E-state index contributed by atoms with van der Waals surface area (Å²) in [5.74, 6) is 0.935. The maximum atomic E-state index is 13.6. The minimum absolute atomic E-state index is 0.00705. The van der Waals surface area contributed by atoms with Crippen LogP contribution in [0, 0.1) is 13.8 Å². The smallest absolute Gasteiger partial charge is 0.243 e. The van der Waals surface area contributed by atoms with Crippen LogP contribution in [0.25, 0.3) is 0 Å². The van der Waals surface area contributed by atoms with Crippen LogP contribution in [-0.2, 0) is 28.3 Å². The Labute approximate surface area is 214 Å². The van der Waals surface area contributed by atoms with Crippen molar-refractivity contribution in [1.29, 1.82) is 0 Å². The number of hydrogen-bond donors (Lipinski definition) is 1. The van der Waals surface area contributed by atoms with Crippen molar-refractivity contribution in [2.75, 3.05) is 5.75 Å².